The lowest BCUT2D eigenvalue weighted by Gasteiger charge is -2.21. The Labute approximate surface area is 266 Å². The van der Waals surface area contributed by atoms with Gasteiger partial charge in [-0.25, -0.2) is 0 Å². The fraction of sp³-hybridized carbons (Fsp3) is 0.467. The molecule has 0 aliphatic heterocycles. The zero-order chi connectivity index (χ0) is 32.2. The smallest absolute Gasteiger partial charge is 0.325 e. The van der Waals surface area contributed by atoms with Crippen molar-refractivity contribution in [1.29, 1.82) is 0 Å². The van der Waals surface area contributed by atoms with E-state index in [9.17, 15) is 19.2 Å². The molecule has 44 heavy (non-hydrogen) atoms. The topological polar surface area (TPSA) is 153 Å². The summed E-state index contributed by atoms with van der Waals surface area (Å²) in [5.41, 5.74) is 1.94. The van der Waals surface area contributed by atoms with Gasteiger partial charge in [-0.1, -0.05) is 45.9 Å². The molecular weight excluding hydrogens is 608 g/mol. The van der Waals surface area contributed by atoms with E-state index in [-0.39, 0.29) is 63.3 Å². The van der Waals surface area contributed by atoms with E-state index < -0.39 is 11.9 Å². The van der Waals surface area contributed by atoms with Crippen molar-refractivity contribution in [1.82, 2.24) is 21.3 Å². The SMILES string of the molecule is CCOC(=O)CNC(=O)CNC(CSSCC(NCC(=O)NCC(=O)OCC)c1ccc(OC)cc1)c1ccc(OC)cc1. The number of hydrogen-bond donors (Lipinski definition) is 4. The highest BCUT2D eigenvalue weighted by atomic mass is 33.1. The van der Waals surface area contributed by atoms with Crippen molar-refractivity contribution in [2.45, 2.75) is 25.9 Å². The van der Waals surface area contributed by atoms with Crippen molar-refractivity contribution in [3.8, 4) is 11.5 Å². The fourth-order valence-electron chi connectivity index (χ4n) is 3.77. The van der Waals surface area contributed by atoms with E-state index in [1.807, 2.05) is 48.5 Å². The van der Waals surface area contributed by atoms with Crippen LogP contribution in [0.4, 0.5) is 0 Å². The number of hydrogen-bond acceptors (Lipinski definition) is 12. The molecule has 2 aromatic carbocycles. The summed E-state index contributed by atoms with van der Waals surface area (Å²) in [6.07, 6.45) is 0. The third-order valence-corrected chi connectivity index (χ3v) is 8.50. The van der Waals surface area contributed by atoms with Crippen LogP contribution in [0.25, 0.3) is 0 Å². The maximum atomic E-state index is 12.4. The number of nitrogens with one attached hydrogen (secondary N) is 4. The lowest BCUT2D eigenvalue weighted by molar-refractivity contribution is -0.143. The van der Waals surface area contributed by atoms with Gasteiger partial charge in [0.1, 0.15) is 24.6 Å². The summed E-state index contributed by atoms with van der Waals surface area (Å²) < 4.78 is 20.3. The van der Waals surface area contributed by atoms with E-state index in [4.69, 9.17) is 18.9 Å². The Morgan fingerprint density at radius 1 is 0.614 bits per heavy atom. The van der Waals surface area contributed by atoms with Crippen LogP contribution in [0.2, 0.25) is 0 Å². The Balaban J connectivity index is 1.99. The number of methoxy groups -OCH3 is 2. The van der Waals surface area contributed by atoms with Crippen LogP contribution in [0.3, 0.4) is 0 Å². The second kappa shape index (κ2) is 21.3. The van der Waals surface area contributed by atoms with E-state index in [0.717, 1.165) is 22.6 Å². The molecule has 0 bridgehead atoms. The molecule has 0 aliphatic rings. The van der Waals surface area contributed by atoms with Crippen LogP contribution >= 0.6 is 21.6 Å². The van der Waals surface area contributed by atoms with Gasteiger partial charge in [0.25, 0.3) is 0 Å². The summed E-state index contributed by atoms with van der Waals surface area (Å²) in [7, 11) is 6.43. The summed E-state index contributed by atoms with van der Waals surface area (Å²) in [6, 6.07) is 14.9. The van der Waals surface area contributed by atoms with Crippen LogP contribution < -0.4 is 30.7 Å². The van der Waals surface area contributed by atoms with E-state index in [2.05, 4.69) is 21.3 Å². The minimum Gasteiger partial charge on any atom is -0.497 e. The van der Waals surface area contributed by atoms with E-state index >= 15 is 0 Å². The average Bonchev–Trinajstić information content (AvgIpc) is 3.04. The predicted molar refractivity (Wildman–Crippen MR) is 172 cm³/mol. The fourth-order valence-corrected chi connectivity index (χ4v) is 6.25. The Morgan fingerprint density at radius 2 is 0.977 bits per heavy atom. The van der Waals surface area contributed by atoms with Crippen molar-refractivity contribution in [3.63, 3.8) is 0 Å². The third-order valence-electron chi connectivity index (χ3n) is 6.08. The Kier molecular flexibility index (Phi) is 17.8. The molecule has 242 valence electrons. The molecule has 0 radical (unpaired) electrons. The maximum absolute atomic E-state index is 12.4. The predicted octanol–water partition coefficient (Wildman–Crippen LogP) is 2.41. The number of ether oxygens (including phenoxy) is 4. The summed E-state index contributed by atoms with van der Waals surface area (Å²) in [5.74, 6) is 1.07. The van der Waals surface area contributed by atoms with Gasteiger partial charge in [0, 0.05) is 23.6 Å². The molecule has 14 heteroatoms. The molecule has 0 heterocycles. The molecule has 2 rings (SSSR count). The van der Waals surface area contributed by atoms with E-state index in [1.165, 1.54) is 0 Å². The van der Waals surface area contributed by atoms with E-state index in [1.54, 1.807) is 49.7 Å². The number of benzene rings is 2. The largest absolute Gasteiger partial charge is 0.497 e. The molecule has 0 spiro atoms. The molecule has 4 N–H and O–H groups in total. The highest BCUT2D eigenvalue weighted by Gasteiger charge is 2.17. The van der Waals surface area contributed by atoms with Crippen LogP contribution in [-0.2, 0) is 28.7 Å². The molecule has 2 aromatic rings. The quantitative estimate of drug-likeness (QED) is 0.0892. The van der Waals surface area contributed by atoms with Gasteiger partial charge >= 0.3 is 11.9 Å². The lowest BCUT2D eigenvalue weighted by Crippen LogP contribution is -2.39. The van der Waals surface area contributed by atoms with Crippen molar-refractivity contribution in [2.75, 3.05) is 65.1 Å². The van der Waals surface area contributed by atoms with Crippen LogP contribution in [0.1, 0.15) is 37.1 Å². The van der Waals surface area contributed by atoms with Gasteiger partial charge in [0.05, 0.1) is 40.5 Å². The van der Waals surface area contributed by atoms with Gasteiger partial charge in [-0.2, -0.15) is 0 Å². The Bertz CT molecular complexity index is 1080. The number of amides is 2. The monoisotopic (exact) mass is 650 g/mol. The summed E-state index contributed by atoms with van der Waals surface area (Å²) >= 11 is 0. The summed E-state index contributed by atoms with van der Waals surface area (Å²) in [4.78, 5) is 47.9. The maximum Gasteiger partial charge on any atom is 0.325 e. The summed E-state index contributed by atoms with van der Waals surface area (Å²) in [5, 5.41) is 11.7. The third kappa shape index (κ3) is 14.3. The highest BCUT2D eigenvalue weighted by molar-refractivity contribution is 8.76. The first kappa shape index (κ1) is 36.7. The molecule has 2 amide bonds. The van der Waals surface area contributed by atoms with Gasteiger partial charge in [0.15, 0.2) is 0 Å². The minimum atomic E-state index is -0.490. The van der Waals surface area contributed by atoms with Gasteiger partial charge in [0.2, 0.25) is 11.8 Å². The first-order chi connectivity index (χ1) is 21.3. The molecule has 0 aromatic heterocycles. The Morgan fingerprint density at radius 3 is 1.30 bits per heavy atom. The highest BCUT2D eigenvalue weighted by Crippen LogP contribution is 2.32. The van der Waals surface area contributed by atoms with Gasteiger partial charge in [-0.05, 0) is 49.2 Å². The second-order valence-electron chi connectivity index (χ2n) is 9.15. The van der Waals surface area contributed by atoms with E-state index in [0.29, 0.717) is 11.5 Å². The first-order valence-electron chi connectivity index (χ1n) is 14.1. The van der Waals surface area contributed by atoms with Crippen molar-refractivity contribution in [2.24, 2.45) is 0 Å². The van der Waals surface area contributed by atoms with Crippen LogP contribution in [0.15, 0.2) is 48.5 Å². The molecule has 0 saturated carbocycles. The molecule has 0 saturated heterocycles. The number of carbonyl (C=O) groups excluding carboxylic acids is 4. The molecule has 2 unspecified atom stereocenters. The normalized spacial score (nSPS) is 12.0. The molecule has 12 nitrogen and oxygen atoms in total. The van der Waals surface area contributed by atoms with Crippen LogP contribution in [0.5, 0.6) is 11.5 Å². The second-order valence-corrected chi connectivity index (χ2v) is 11.7. The lowest BCUT2D eigenvalue weighted by atomic mass is 10.1. The average molecular weight is 651 g/mol. The zero-order valence-corrected chi connectivity index (χ0v) is 27.1. The number of rotatable bonds is 21. The first-order valence-corrected chi connectivity index (χ1v) is 16.6. The van der Waals surface area contributed by atoms with Crippen LogP contribution in [-0.4, -0.2) is 88.9 Å². The standard InChI is InChI=1S/C30H42N4O8S2/c1-5-41-29(37)17-33-27(35)15-31-25(21-7-11-23(39-3)12-8-21)19-43-44-20-26(22-9-13-24(40-4)14-10-22)32-16-28(36)34-18-30(38)42-6-2/h7-14,25-26,31-32H,5-6,15-20H2,1-4H3,(H,33,35)(H,34,36). The molecule has 2 atom stereocenters. The molecular formula is C30H42N4O8S2. The van der Waals surface area contributed by atoms with Gasteiger partial charge in [-0.3, -0.25) is 19.2 Å². The van der Waals surface area contributed by atoms with Crippen molar-refractivity contribution < 1.29 is 38.1 Å². The minimum absolute atomic E-state index is 0.0122. The van der Waals surface area contributed by atoms with Crippen LogP contribution in [0, 0.1) is 0 Å². The van der Waals surface area contributed by atoms with Gasteiger partial charge in [-0.15, -0.1) is 0 Å². The van der Waals surface area contributed by atoms with Gasteiger partial charge < -0.3 is 40.2 Å². The summed E-state index contributed by atoms with van der Waals surface area (Å²) in [6.45, 7) is 3.56. The number of esters is 2. The molecule has 0 aliphatic carbocycles. The van der Waals surface area contributed by atoms with Crippen molar-refractivity contribution >= 4 is 45.3 Å². The Hall–Kier alpha value is -3.46. The van der Waals surface area contributed by atoms with Crippen molar-refractivity contribution in [3.05, 3.63) is 59.7 Å². The zero-order valence-electron chi connectivity index (χ0n) is 25.5. The number of carbonyl (C=O) groups is 4. The molecule has 0 fully saturated rings.